The van der Waals surface area contributed by atoms with Crippen LogP contribution in [0.2, 0.25) is 0 Å². The van der Waals surface area contributed by atoms with Crippen molar-refractivity contribution in [1.82, 2.24) is 5.32 Å². The maximum absolute atomic E-state index is 10.5. The first-order chi connectivity index (χ1) is 10.3. The van der Waals surface area contributed by atoms with Crippen LogP contribution >= 0.6 is 0 Å². The normalized spacial score (nSPS) is 36.4. The fourth-order valence-corrected chi connectivity index (χ4v) is 2.07. The third-order valence-electron chi connectivity index (χ3n) is 3.48. The quantitative estimate of drug-likeness (QED) is 0.218. The van der Waals surface area contributed by atoms with Gasteiger partial charge in [0.2, 0.25) is 6.41 Å². The topological polar surface area (TPSA) is 169 Å². The van der Waals surface area contributed by atoms with Gasteiger partial charge in [0, 0.05) is 0 Å². The van der Waals surface area contributed by atoms with Gasteiger partial charge in [-0.15, -0.1) is 0 Å². The van der Waals surface area contributed by atoms with Gasteiger partial charge in [-0.25, -0.2) is 0 Å². The predicted molar refractivity (Wildman–Crippen MR) is 70.4 cm³/mol. The van der Waals surface area contributed by atoms with Crippen LogP contribution in [0.3, 0.4) is 0 Å². The molecular weight excluding hydrogens is 302 g/mol. The average molecular weight is 325 g/mol. The van der Waals surface area contributed by atoms with Crippen LogP contribution in [0.25, 0.3) is 0 Å². The summed E-state index contributed by atoms with van der Waals surface area (Å²) < 4.78 is 10.3. The molecule has 0 aromatic carbocycles. The molecule has 0 spiro atoms. The molecule has 0 aliphatic carbocycles. The molecule has 1 fully saturated rings. The van der Waals surface area contributed by atoms with Crippen molar-refractivity contribution >= 4 is 6.41 Å². The van der Waals surface area contributed by atoms with Crippen molar-refractivity contribution in [2.45, 2.75) is 55.9 Å². The highest BCUT2D eigenvalue weighted by atomic mass is 16.7. The molecule has 1 rings (SSSR count). The monoisotopic (exact) mass is 325 g/mol. The van der Waals surface area contributed by atoms with Gasteiger partial charge in [-0.1, -0.05) is 0 Å². The van der Waals surface area contributed by atoms with Gasteiger partial charge in [0.05, 0.1) is 25.4 Å². The fraction of sp³-hybridized carbons (Fsp3) is 0.917. The van der Waals surface area contributed by atoms with E-state index in [1.54, 1.807) is 0 Å². The van der Waals surface area contributed by atoms with E-state index in [1.165, 1.54) is 6.92 Å². The Morgan fingerprint density at radius 2 is 1.86 bits per heavy atom. The number of carbonyl (C=O) groups is 1. The Morgan fingerprint density at radius 1 is 1.23 bits per heavy atom. The van der Waals surface area contributed by atoms with E-state index in [0.29, 0.717) is 6.41 Å². The number of nitrogens with one attached hydrogen (secondary N) is 1. The minimum Gasteiger partial charge on any atom is -0.394 e. The van der Waals surface area contributed by atoms with Crippen molar-refractivity contribution in [3.8, 4) is 0 Å². The molecule has 8 atom stereocenters. The highest BCUT2D eigenvalue weighted by molar-refractivity contribution is 5.46. The van der Waals surface area contributed by atoms with Gasteiger partial charge in [0.15, 0.2) is 6.29 Å². The van der Waals surface area contributed by atoms with Gasteiger partial charge >= 0.3 is 0 Å². The Morgan fingerprint density at radius 3 is 2.36 bits per heavy atom. The number of hydrogen-bond donors (Lipinski definition) is 7. The maximum atomic E-state index is 10.5. The summed E-state index contributed by atoms with van der Waals surface area (Å²) in [5, 5.41) is 59.3. The van der Waals surface area contributed by atoms with Crippen molar-refractivity contribution in [2.75, 3.05) is 13.2 Å². The Bertz CT molecular complexity index is 341. The van der Waals surface area contributed by atoms with E-state index in [1.807, 2.05) is 0 Å². The molecule has 0 radical (unpaired) electrons. The van der Waals surface area contributed by atoms with E-state index in [4.69, 9.17) is 14.6 Å². The zero-order valence-corrected chi connectivity index (χ0v) is 12.0. The zero-order chi connectivity index (χ0) is 16.9. The van der Waals surface area contributed by atoms with Crippen LogP contribution in [-0.4, -0.2) is 99.2 Å². The first kappa shape index (κ1) is 19.2. The van der Waals surface area contributed by atoms with Crippen molar-refractivity contribution in [3.05, 3.63) is 0 Å². The average Bonchev–Trinajstić information content (AvgIpc) is 2.50. The highest BCUT2D eigenvalue weighted by Crippen LogP contribution is 2.22. The van der Waals surface area contributed by atoms with Crippen LogP contribution in [0.1, 0.15) is 6.92 Å². The first-order valence-corrected chi connectivity index (χ1v) is 6.81. The molecule has 1 heterocycles. The molecule has 0 saturated carbocycles. The van der Waals surface area contributed by atoms with E-state index < -0.39 is 55.6 Å². The van der Waals surface area contributed by atoms with Crippen LogP contribution in [-0.2, 0) is 14.3 Å². The van der Waals surface area contributed by atoms with Gasteiger partial charge in [-0.2, -0.15) is 0 Å². The van der Waals surface area contributed by atoms with E-state index in [0.717, 1.165) is 0 Å². The Balaban J connectivity index is 2.65. The van der Waals surface area contributed by atoms with Crippen LogP contribution < -0.4 is 5.32 Å². The number of rotatable bonds is 8. The van der Waals surface area contributed by atoms with E-state index in [-0.39, 0.29) is 6.61 Å². The van der Waals surface area contributed by atoms with Crippen LogP contribution in [0.4, 0.5) is 0 Å². The third kappa shape index (κ3) is 4.57. The van der Waals surface area contributed by atoms with Gasteiger partial charge < -0.3 is 45.4 Å². The van der Waals surface area contributed by atoms with Gasteiger partial charge in [-0.3, -0.25) is 4.79 Å². The summed E-state index contributed by atoms with van der Waals surface area (Å²) in [6.45, 7) is 0.378. The van der Waals surface area contributed by atoms with E-state index >= 15 is 0 Å². The number of amides is 1. The second kappa shape index (κ2) is 8.70. The van der Waals surface area contributed by atoms with Gasteiger partial charge in [0.25, 0.3) is 0 Å². The molecule has 10 heteroatoms. The van der Waals surface area contributed by atoms with E-state index in [2.05, 4.69) is 5.32 Å². The maximum Gasteiger partial charge on any atom is 0.207 e. The standard InChI is InChI=1S/C12H23NO9/c1-5(16)8(17)6(13-4-15)3-21-12-11(20)10(19)9(18)7(2-14)22-12/h4-12,14,16-20H,2-3H2,1H3,(H,13,15)/t5-,6+,7?,8-,9?,10?,11?,12?/m1/s1. The number of aliphatic hydroxyl groups excluding tert-OH is 6. The summed E-state index contributed by atoms with van der Waals surface area (Å²) in [5.41, 5.74) is 0. The summed E-state index contributed by atoms with van der Waals surface area (Å²) in [7, 11) is 0. The molecule has 10 nitrogen and oxygen atoms in total. The summed E-state index contributed by atoms with van der Waals surface area (Å²) in [6, 6.07) is -0.982. The van der Waals surface area contributed by atoms with E-state index in [9.17, 15) is 30.3 Å². The SMILES string of the molecule is C[C@@H](O)[C@@H](O)[C@H](COC1OC(CO)C(O)C(O)C1O)NC=O. The Hall–Kier alpha value is -0.850. The van der Waals surface area contributed by atoms with Gasteiger partial charge in [-0.05, 0) is 6.92 Å². The summed E-state index contributed by atoms with van der Waals surface area (Å²) >= 11 is 0. The minimum absolute atomic E-state index is 0.312. The zero-order valence-electron chi connectivity index (χ0n) is 12.0. The van der Waals surface area contributed by atoms with Crippen molar-refractivity contribution in [2.24, 2.45) is 0 Å². The van der Waals surface area contributed by atoms with Crippen molar-refractivity contribution in [1.29, 1.82) is 0 Å². The number of hydrogen-bond acceptors (Lipinski definition) is 9. The largest absolute Gasteiger partial charge is 0.394 e. The molecule has 5 unspecified atom stereocenters. The molecule has 1 amide bonds. The van der Waals surface area contributed by atoms with Gasteiger partial charge in [0.1, 0.15) is 30.5 Å². The fourth-order valence-electron chi connectivity index (χ4n) is 2.07. The van der Waals surface area contributed by atoms with Crippen LogP contribution in [0.15, 0.2) is 0 Å². The summed E-state index contributed by atoms with van der Waals surface area (Å²) in [4.78, 5) is 10.5. The summed E-state index contributed by atoms with van der Waals surface area (Å²) in [5.74, 6) is 0. The lowest BCUT2D eigenvalue weighted by molar-refractivity contribution is -0.303. The third-order valence-corrected chi connectivity index (χ3v) is 3.48. The summed E-state index contributed by atoms with van der Waals surface area (Å²) in [6.07, 6.45) is -9.34. The molecule has 1 aliphatic heterocycles. The lowest BCUT2D eigenvalue weighted by atomic mass is 9.99. The molecule has 0 aromatic heterocycles. The molecule has 22 heavy (non-hydrogen) atoms. The molecule has 1 aliphatic rings. The molecular formula is C12H23NO9. The van der Waals surface area contributed by atoms with Crippen LogP contribution in [0, 0.1) is 0 Å². The number of carbonyl (C=O) groups excluding carboxylic acids is 1. The predicted octanol–water partition coefficient (Wildman–Crippen LogP) is -4.34. The second-order valence-corrected chi connectivity index (χ2v) is 5.15. The molecule has 7 N–H and O–H groups in total. The lowest BCUT2D eigenvalue weighted by Gasteiger charge is -2.40. The highest BCUT2D eigenvalue weighted by Gasteiger charge is 2.44. The second-order valence-electron chi connectivity index (χ2n) is 5.15. The smallest absolute Gasteiger partial charge is 0.207 e. The number of aliphatic hydroxyl groups is 6. The lowest BCUT2D eigenvalue weighted by Crippen LogP contribution is -2.60. The molecule has 0 aromatic rings. The van der Waals surface area contributed by atoms with Crippen LogP contribution in [0.5, 0.6) is 0 Å². The number of ether oxygens (including phenoxy) is 2. The molecule has 1 saturated heterocycles. The van der Waals surface area contributed by atoms with Crippen molar-refractivity contribution in [3.63, 3.8) is 0 Å². The first-order valence-electron chi connectivity index (χ1n) is 6.81. The Kier molecular flexibility index (Phi) is 7.59. The molecule has 130 valence electrons. The molecule has 0 bridgehead atoms. The Labute approximate surface area is 126 Å². The minimum atomic E-state index is -1.59. The van der Waals surface area contributed by atoms with Crippen molar-refractivity contribution < 1.29 is 44.9 Å².